The van der Waals surface area contributed by atoms with Gasteiger partial charge in [0.2, 0.25) is 0 Å². The third-order valence-corrected chi connectivity index (χ3v) is 4.58. The van der Waals surface area contributed by atoms with Gasteiger partial charge in [-0.3, -0.25) is 4.79 Å². The summed E-state index contributed by atoms with van der Waals surface area (Å²) in [6.07, 6.45) is -0.664. The number of nitrogens with one attached hydrogen (secondary N) is 1. The van der Waals surface area contributed by atoms with Crippen LogP contribution in [-0.4, -0.2) is 28.1 Å². The third-order valence-electron chi connectivity index (χ3n) is 3.73. The van der Waals surface area contributed by atoms with Gasteiger partial charge < -0.3 is 15.2 Å². The molecule has 6 nitrogen and oxygen atoms in total. The molecule has 0 fully saturated rings. The van der Waals surface area contributed by atoms with E-state index in [1.54, 1.807) is 6.92 Å². The smallest absolute Gasteiger partial charge is 0.355 e. The number of aromatic carboxylic acids is 1. The molecule has 0 saturated carbocycles. The van der Waals surface area contributed by atoms with Crippen LogP contribution < -0.4 is 10.1 Å². The maximum absolute atomic E-state index is 12.1. The number of carboxylic acids is 1. The molecule has 2 aromatic rings. The zero-order chi connectivity index (χ0) is 18.6. The molecule has 1 amide bonds. The van der Waals surface area contributed by atoms with Crippen LogP contribution in [0.3, 0.4) is 0 Å². The summed E-state index contributed by atoms with van der Waals surface area (Å²) in [5, 5.41) is 13.5. The minimum absolute atomic E-state index is 0.0146. The number of benzene rings is 1. The molecular weight excluding hydrogens is 340 g/mol. The molecule has 7 heteroatoms. The van der Waals surface area contributed by atoms with E-state index in [-0.39, 0.29) is 18.1 Å². The highest BCUT2D eigenvalue weighted by atomic mass is 32.1. The number of hydrogen-bond donors (Lipinski definition) is 2. The molecule has 2 N–H and O–H groups in total. The van der Waals surface area contributed by atoms with Crippen LogP contribution in [0.25, 0.3) is 0 Å². The van der Waals surface area contributed by atoms with Crippen molar-refractivity contribution in [1.29, 1.82) is 0 Å². The summed E-state index contributed by atoms with van der Waals surface area (Å²) in [7, 11) is 0. The number of nitrogens with zero attached hydrogens (tertiary/aromatic N) is 1. The first-order valence-corrected chi connectivity index (χ1v) is 8.88. The van der Waals surface area contributed by atoms with E-state index in [4.69, 9.17) is 9.84 Å². The Morgan fingerprint density at radius 1 is 1.32 bits per heavy atom. The van der Waals surface area contributed by atoms with Crippen LogP contribution >= 0.6 is 11.3 Å². The van der Waals surface area contributed by atoms with Crippen molar-refractivity contribution in [2.24, 2.45) is 0 Å². The molecule has 134 valence electrons. The SMILES string of the molecule is Cc1cc(OC(C)C(=O)NCc2nc(C(=O)O)cs2)ccc1C(C)C. The lowest BCUT2D eigenvalue weighted by molar-refractivity contribution is -0.127. The lowest BCUT2D eigenvalue weighted by atomic mass is 9.98. The zero-order valence-corrected chi connectivity index (χ0v) is 15.5. The van der Waals surface area contributed by atoms with E-state index < -0.39 is 12.1 Å². The summed E-state index contributed by atoms with van der Waals surface area (Å²) in [6, 6.07) is 5.81. The summed E-state index contributed by atoms with van der Waals surface area (Å²) in [5.41, 5.74) is 2.37. The highest BCUT2D eigenvalue weighted by Crippen LogP contribution is 2.24. The van der Waals surface area contributed by atoms with E-state index in [1.165, 1.54) is 22.3 Å². The fourth-order valence-corrected chi connectivity index (χ4v) is 3.13. The second kappa shape index (κ2) is 8.11. The zero-order valence-electron chi connectivity index (χ0n) is 14.7. The first kappa shape index (κ1) is 18.9. The quantitative estimate of drug-likeness (QED) is 0.788. The normalized spacial score (nSPS) is 12.0. The maximum Gasteiger partial charge on any atom is 0.355 e. The Morgan fingerprint density at radius 2 is 2.04 bits per heavy atom. The number of ether oxygens (including phenoxy) is 1. The molecule has 0 aliphatic heterocycles. The minimum Gasteiger partial charge on any atom is -0.481 e. The van der Waals surface area contributed by atoms with Gasteiger partial charge in [-0.25, -0.2) is 9.78 Å². The van der Waals surface area contributed by atoms with Crippen LogP contribution in [0.1, 0.15) is 53.3 Å². The minimum atomic E-state index is -1.08. The predicted octanol–water partition coefficient (Wildman–Crippen LogP) is 3.36. The van der Waals surface area contributed by atoms with Crippen molar-refractivity contribution in [2.75, 3.05) is 0 Å². The van der Waals surface area contributed by atoms with Gasteiger partial charge in [0.05, 0.1) is 6.54 Å². The molecule has 0 aliphatic carbocycles. The van der Waals surface area contributed by atoms with E-state index in [1.807, 2.05) is 25.1 Å². The summed E-state index contributed by atoms with van der Waals surface area (Å²) in [4.78, 5) is 26.9. The van der Waals surface area contributed by atoms with Crippen molar-refractivity contribution in [3.63, 3.8) is 0 Å². The Labute approximate surface area is 150 Å². The number of amides is 1. The lowest BCUT2D eigenvalue weighted by Gasteiger charge is -2.16. The van der Waals surface area contributed by atoms with Gasteiger partial charge in [-0.2, -0.15) is 0 Å². The molecule has 0 saturated heterocycles. The number of aryl methyl sites for hydroxylation is 1. The van der Waals surface area contributed by atoms with Crippen molar-refractivity contribution in [1.82, 2.24) is 10.3 Å². The second-order valence-corrected chi connectivity index (χ2v) is 7.03. The molecule has 1 unspecified atom stereocenters. The van der Waals surface area contributed by atoms with Gasteiger partial charge in [0.25, 0.3) is 5.91 Å². The van der Waals surface area contributed by atoms with Crippen LogP contribution in [0.4, 0.5) is 0 Å². The summed E-state index contributed by atoms with van der Waals surface area (Å²) < 4.78 is 5.70. The fraction of sp³-hybridized carbons (Fsp3) is 0.389. The first-order valence-electron chi connectivity index (χ1n) is 8.00. The Hall–Kier alpha value is -2.41. The van der Waals surface area contributed by atoms with Crippen LogP contribution in [0, 0.1) is 6.92 Å². The topological polar surface area (TPSA) is 88.5 Å². The molecule has 1 aromatic heterocycles. The van der Waals surface area contributed by atoms with Crippen molar-refractivity contribution < 1.29 is 19.4 Å². The summed E-state index contributed by atoms with van der Waals surface area (Å²) in [6.45, 7) is 8.14. The average molecular weight is 362 g/mol. The monoisotopic (exact) mass is 362 g/mol. The van der Waals surface area contributed by atoms with Crippen molar-refractivity contribution in [2.45, 2.75) is 46.3 Å². The van der Waals surface area contributed by atoms with E-state index in [0.29, 0.717) is 16.7 Å². The maximum atomic E-state index is 12.1. The van der Waals surface area contributed by atoms with Crippen LogP contribution in [0.2, 0.25) is 0 Å². The molecule has 0 radical (unpaired) electrons. The average Bonchev–Trinajstić information content (AvgIpc) is 3.01. The van der Waals surface area contributed by atoms with Gasteiger partial charge >= 0.3 is 5.97 Å². The molecule has 0 bridgehead atoms. The van der Waals surface area contributed by atoms with Gasteiger partial charge in [0.15, 0.2) is 11.8 Å². The number of carboxylic acid groups (broad SMARTS) is 1. The number of rotatable bonds is 7. The van der Waals surface area contributed by atoms with Crippen LogP contribution in [0.5, 0.6) is 5.75 Å². The largest absolute Gasteiger partial charge is 0.481 e. The third kappa shape index (κ3) is 5.03. The van der Waals surface area contributed by atoms with E-state index >= 15 is 0 Å². The van der Waals surface area contributed by atoms with E-state index in [9.17, 15) is 9.59 Å². The van der Waals surface area contributed by atoms with Gasteiger partial charge in [0, 0.05) is 5.38 Å². The lowest BCUT2D eigenvalue weighted by Crippen LogP contribution is -2.35. The Morgan fingerprint density at radius 3 is 2.60 bits per heavy atom. The summed E-state index contributed by atoms with van der Waals surface area (Å²) in [5.74, 6) is -0.279. The Bertz CT molecular complexity index is 770. The number of aromatic nitrogens is 1. The van der Waals surface area contributed by atoms with Gasteiger partial charge in [-0.15, -0.1) is 11.3 Å². The Kier molecular flexibility index (Phi) is 6.14. The molecule has 1 heterocycles. The molecule has 1 atom stereocenters. The van der Waals surface area contributed by atoms with Gasteiger partial charge in [-0.1, -0.05) is 19.9 Å². The molecule has 0 spiro atoms. The molecule has 0 aliphatic rings. The molecular formula is C18H22N2O4S. The molecule has 1 aromatic carbocycles. The highest BCUT2D eigenvalue weighted by molar-refractivity contribution is 7.09. The number of carbonyl (C=O) groups excluding carboxylic acids is 1. The number of thiazole rings is 1. The fourth-order valence-electron chi connectivity index (χ4n) is 2.42. The van der Waals surface area contributed by atoms with Crippen LogP contribution in [0.15, 0.2) is 23.6 Å². The van der Waals surface area contributed by atoms with Crippen LogP contribution in [-0.2, 0) is 11.3 Å². The van der Waals surface area contributed by atoms with Gasteiger partial charge in [0.1, 0.15) is 10.8 Å². The Balaban J connectivity index is 1.91. The van der Waals surface area contributed by atoms with E-state index in [2.05, 4.69) is 24.1 Å². The summed E-state index contributed by atoms with van der Waals surface area (Å²) >= 11 is 1.19. The number of hydrogen-bond acceptors (Lipinski definition) is 5. The van der Waals surface area contributed by atoms with Gasteiger partial charge in [-0.05, 0) is 43.0 Å². The highest BCUT2D eigenvalue weighted by Gasteiger charge is 2.16. The first-order chi connectivity index (χ1) is 11.8. The van der Waals surface area contributed by atoms with Crippen molar-refractivity contribution in [3.05, 3.63) is 45.4 Å². The van der Waals surface area contributed by atoms with Crippen molar-refractivity contribution >= 4 is 23.2 Å². The second-order valence-electron chi connectivity index (χ2n) is 6.08. The van der Waals surface area contributed by atoms with Crippen molar-refractivity contribution in [3.8, 4) is 5.75 Å². The predicted molar refractivity (Wildman–Crippen MR) is 96.3 cm³/mol. The molecule has 25 heavy (non-hydrogen) atoms. The molecule has 2 rings (SSSR count). The number of carbonyl (C=O) groups is 2. The standard InChI is InChI=1S/C18H22N2O4S/c1-10(2)14-6-5-13(7-11(14)3)24-12(4)17(21)19-8-16-20-15(9-25-16)18(22)23/h5-7,9-10,12H,8H2,1-4H3,(H,19,21)(H,22,23). The van der Waals surface area contributed by atoms with E-state index in [0.717, 1.165) is 5.56 Å².